The Hall–Kier alpha value is -2.33. The number of ether oxygens (including phenoxy) is 1. The van der Waals surface area contributed by atoms with E-state index in [2.05, 4.69) is 86.6 Å². The fourth-order valence-electron chi connectivity index (χ4n) is 4.85. The first-order valence-corrected chi connectivity index (χ1v) is 19.0. The first-order valence-electron chi connectivity index (χ1n) is 11.2. The Morgan fingerprint density at radius 3 is 2.45 bits per heavy atom. The molecule has 0 fully saturated rings. The van der Waals surface area contributed by atoms with Crippen LogP contribution in [0.15, 0.2) is 54.7 Å². The van der Waals surface area contributed by atoms with Crippen LogP contribution in [0.5, 0.6) is 11.5 Å². The summed E-state index contributed by atoms with van der Waals surface area (Å²) in [6, 6.07) is 17.7. The maximum absolute atomic E-state index is 6.78. The van der Waals surface area contributed by atoms with Crippen molar-refractivity contribution >= 4 is 34.8 Å². The Morgan fingerprint density at radius 1 is 0.935 bits per heavy atom. The standard InChI is InChI=1S/C28H31GeNO/c1-28(2,3)16-18-13-20-11-12-30-26-22-15-19-9-7-8-10-21(19)23(17-29(4,5)6)27(22)31-24(14-18)25(20)26/h7-15H,16-17H2,1-6H3. The molecule has 0 amide bonds. The fourth-order valence-corrected chi connectivity index (χ4v) is 7.81. The summed E-state index contributed by atoms with van der Waals surface area (Å²) in [5, 5.41) is 6.10. The summed E-state index contributed by atoms with van der Waals surface area (Å²) in [6.07, 6.45) is 2.97. The second-order valence-corrected chi connectivity index (χ2v) is 22.9. The van der Waals surface area contributed by atoms with Crippen LogP contribution in [0.3, 0.4) is 0 Å². The van der Waals surface area contributed by atoms with E-state index in [9.17, 15) is 0 Å². The molecule has 0 unspecified atom stereocenters. The van der Waals surface area contributed by atoms with Gasteiger partial charge in [-0.2, -0.15) is 0 Å². The molecule has 5 rings (SSSR count). The van der Waals surface area contributed by atoms with Crippen molar-refractivity contribution in [3.8, 4) is 22.8 Å². The SMILES string of the molecule is CC(C)(C)Cc1cc2c3c(nccc3c1)-c1cc3ccccc3c([CH2][Ge]([CH3])([CH3])[CH3])c1O2. The summed E-state index contributed by atoms with van der Waals surface area (Å²) in [6.45, 7) is 6.87. The van der Waals surface area contributed by atoms with Gasteiger partial charge in [0, 0.05) is 0 Å². The molecule has 1 aliphatic rings. The van der Waals surface area contributed by atoms with Gasteiger partial charge >= 0.3 is 188 Å². The molecule has 0 saturated heterocycles. The van der Waals surface area contributed by atoms with Crippen molar-refractivity contribution in [1.82, 2.24) is 4.98 Å². The monoisotopic (exact) mass is 471 g/mol. The second kappa shape index (κ2) is 7.10. The van der Waals surface area contributed by atoms with Crippen molar-refractivity contribution in [3.63, 3.8) is 0 Å². The summed E-state index contributed by atoms with van der Waals surface area (Å²) in [4.78, 5) is 4.86. The predicted molar refractivity (Wildman–Crippen MR) is 135 cm³/mol. The van der Waals surface area contributed by atoms with Gasteiger partial charge in [-0.05, 0) is 0 Å². The van der Waals surface area contributed by atoms with E-state index in [1.807, 2.05) is 6.20 Å². The van der Waals surface area contributed by atoms with Gasteiger partial charge < -0.3 is 0 Å². The number of hydrogen-bond acceptors (Lipinski definition) is 2. The van der Waals surface area contributed by atoms with Gasteiger partial charge in [0.25, 0.3) is 0 Å². The summed E-state index contributed by atoms with van der Waals surface area (Å²) < 4.78 is 6.78. The third-order valence-electron chi connectivity index (χ3n) is 5.90. The first kappa shape index (κ1) is 20.6. The molecule has 0 aliphatic carbocycles. The van der Waals surface area contributed by atoms with Crippen LogP contribution in [0.4, 0.5) is 0 Å². The van der Waals surface area contributed by atoms with Crippen LogP contribution < -0.4 is 4.74 Å². The zero-order valence-electron chi connectivity index (χ0n) is 19.5. The van der Waals surface area contributed by atoms with Gasteiger partial charge in [-0.15, -0.1) is 0 Å². The molecule has 0 bridgehead atoms. The Morgan fingerprint density at radius 2 is 1.71 bits per heavy atom. The van der Waals surface area contributed by atoms with E-state index in [0.717, 1.165) is 39.8 Å². The number of rotatable bonds is 3. The van der Waals surface area contributed by atoms with E-state index in [-0.39, 0.29) is 5.41 Å². The van der Waals surface area contributed by atoms with E-state index < -0.39 is 13.3 Å². The molecule has 1 aliphatic heterocycles. The van der Waals surface area contributed by atoms with Gasteiger partial charge in [0.2, 0.25) is 0 Å². The average Bonchev–Trinajstić information content (AvgIpc) is 2.66. The van der Waals surface area contributed by atoms with Gasteiger partial charge in [-0.25, -0.2) is 0 Å². The molecule has 158 valence electrons. The molecule has 0 atom stereocenters. The maximum atomic E-state index is 6.78. The average molecular weight is 470 g/mol. The molecule has 1 aromatic heterocycles. The Bertz CT molecular complexity index is 1330. The number of hydrogen-bond donors (Lipinski definition) is 0. The van der Waals surface area contributed by atoms with Crippen LogP contribution in [-0.4, -0.2) is 18.3 Å². The summed E-state index contributed by atoms with van der Waals surface area (Å²) in [5.74, 6) is 9.42. The van der Waals surface area contributed by atoms with Gasteiger partial charge in [-0.3, -0.25) is 0 Å². The number of aromatic nitrogens is 1. The zero-order chi connectivity index (χ0) is 22.0. The van der Waals surface area contributed by atoms with Crippen LogP contribution in [0.1, 0.15) is 31.9 Å². The zero-order valence-corrected chi connectivity index (χ0v) is 21.6. The van der Waals surface area contributed by atoms with Crippen molar-refractivity contribution in [1.29, 1.82) is 0 Å². The number of pyridine rings is 1. The normalized spacial score (nSPS) is 13.4. The molecular formula is C28H31GeNO. The Balaban J connectivity index is 1.80. The van der Waals surface area contributed by atoms with Gasteiger partial charge in [0.05, 0.1) is 0 Å². The van der Waals surface area contributed by atoms with Crippen molar-refractivity contribution < 1.29 is 4.74 Å². The van der Waals surface area contributed by atoms with Crippen LogP contribution in [0, 0.1) is 5.41 Å². The molecular weight excluding hydrogens is 439 g/mol. The van der Waals surface area contributed by atoms with Gasteiger partial charge in [-0.1, -0.05) is 0 Å². The van der Waals surface area contributed by atoms with Crippen LogP contribution >= 0.6 is 0 Å². The van der Waals surface area contributed by atoms with E-state index in [1.165, 1.54) is 27.3 Å². The van der Waals surface area contributed by atoms with E-state index in [1.54, 1.807) is 0 Å². The number of nitrogens with zero attached hydrogens (tertiary/aromatic N) is 1. The van der Waals surface area contributed by atoms with Gasteiger partial charge in [0.15, 0.2) is 0 Å². The first-order chi connectivity index (χ1) is 14.6. The molecule has 4 aromatic rings. The van der Waals surface area contributed by atoms with E-state index in [4.69, 9.17) is 9.72 Å². The third-order valence-corrected chi connectivity index (χ3v) is 8.87. The summed E-state index contributed by atoms with van der Waals surface area (Å²) in [5.41, 5.74) is 5.12. The van der Waals surface area contributed by atoms with Crippen LogP contribution in [0.25, 0.3) is 32.8 Å². The summed E-state index contributed by atoms with van der Waals surface area (Å²) >= 11 is -1.90. The minimum atomic E-state index is -1.90. The second-order valence-electron chi connectivity index (χ2n) is 11.4. The molecule has 0 spiro atoms. The van der Waals surface area contributed by atoms with Crippen molar-refractivity contribution in [2.45, 2.75) is 49.7 Å². The predicted octanol–water partition coefficient (Wildman–Crippen LogP) is 8.17. The molecule has 3 aromatic carbocycles. The van der Waals surface area contributed by atoms with Crippen molar-refractivity contribution in [2.75, 3.05) is 0 Å². The molecule has 2 nitrogen and oxygen atoms in total. The van der Waals surface area contributed by atoms with E-state index >= 15 is 0 Å². The molecule has 0 saturated carbocycles. The molecule has 3 heteroatoms. The minimum absolute atomic E-state index is 0.226. The third kappa shape index (κ3) is 3.87. The number of benzene rings is 3. The molecule has 0 radical (unpaired) electrons. The Kier molecular flexibility index (Phi) is 4.71. The molecule has 2 heterocycles. The quantitative estimate of drug-likeness (QED) is 0.248. The topological polar surface area (TPSA) is 22.1 Å². The Labute approximate surface area is 188 Å². The van der Waals surface area contributed by atoms with Crippen LogP contribution in [-0.2, 0) is 11.7 Å². The van der Waals surface area contributed by atoms with Crippen molar-refractivity contribution in [3.05, 3.63) is 65.9 Å². The summed E-state index contributed by atoms with van der Waals surface area (Å²) in [7, 11) is 0. The van der Waals surface area contributed by atoms with Gasteiger partial charge in [0.1, 0.15) is 0 Å². The molecule has 0 N–H and O–H groups in total. The van der Waals surface area contributed by atoms with Crippen LogP contribution in [0.2, 0.25) is 17.3 Å². The molecule has 31 heavy (non-hydrogen) atoms. The van der Waals surface area contributed by atoms with Crippen molar-refractivity contribution in [2.24, 2.45) is 5.41 Å². The fraction of sp³-hybridized carbons (Fsp3) is 0.321. The van der Waals surface area contributed by atoms with E-state index in [0.29, 0.717) is 0 Å². The number of fused-ring (bicyclic) bond motifs is 3.